The van der Waals surface area contributed by atoms with Crippen molar-refractivity contribution in [3.63, 3.8) is 0 Å². The van der Waals surface area contributed by atoms with Crippen LogP contribution < -0.4 is 0 Å². The number of rotatable bonds is 32. The van der Waals surface area contributed by atoms with Gasteiger partial charge in [-0.05, 0) is 77.3 Å². The van der Waals surface area contributed by atoms with Crippen LogP contribution >= 0.6 is 0 Å². The van der Waals surface area contributed by atoms with Gasteiger partial charge in [0, 0.05) is 6.54 Å². The topological polar surface area (TPSA) is 23.5 Å². The Hall–Kier alpha value is -0.600. The van der Waals surface area contributed by atoms with E-state index < -0.39 is 0 Å². The number of allylic oxidation sites excluding steroid dienone is 4. The molecule has 0 fully saturated rings. The zero-order valence-electron chi connectivity index (χ0n) is 26.4. The van der Waals surface area contributed by atoms with Crippen LogP contribution in [-0.2, 0) is 0 Å². The van der Waals surface area contributed by atoms with Crippen molar-refractivity contribution in [2.24, 2.45) is 0 Å². The lowest BCUT2D eigenvalue weighted by Crippen LogP contribution is -2.29. The van der Waals surface area contributed by atoms with Gasteiger partial charge < -0.3 is 10.0 Å². The number of hydrogen-bond donors (Lipinski definition) is 1. The molecule has 0 saturated carbocycles. The lowest BCUT2D eigenvalue weighted by atomic mass is 10.1. The second-order valence-corrected chi connectivity index (χ2v) is 11.7. The van der Waals surface area contributed by atoms with Gasteiger partial charge in [0.15, 0.2) is 0 Å². The Balaban J connectivity index is 3.46. The highest BCUT2D eigenvalue weighted by Gasteiger charge is 2.04. The normalized spacial score (nSPS) is 12.1. The maximum atomic E-state index is 9.43. The van der Waals surface area contributed by atoms with Gasteiger partial charge in [0.1, 0.15) is 0 Å². The number of hydrogen-bond acceptors (Lipinski definition) is 2. The molecule has 0 bridgehead atoms. The van der Waals surface area contributed by atoms with Crippen LogP contribution in [0.25, 0.3) is 0 Å². The van der Waals surface area contributed by atoms with E-state index in [4.69, 9.17) is 0 Å². The number of unbranched alkanes of at least 4 members (excludes halogenated alkanes) is 22. The fourth-order valence-electron chi connectivity index (χ4n) is 5.29. The molecule has 0 aliphatic rings. The van der Waals surface area contributed by atoms with Gasteiger partial charge in [0.2, 0.25) is 0 Å². The van der Waals surface area contributed by atoms with Crippen molar-refractivity contribution in [1.82, 2.24) is 4.90 Å². The smallest absolute Gasteiger partial charge is 0.0558 e. The van der Waals surface area contributed by atoms with Crippen LogP contribution in [0.3, 0.4) is 0 Å². The Kier molecular flexibility index (Phi) is 33.9. The molecule has 0 amide bonds. The van der Waals surface area contributed by atoms with E-state index in [1.165, 1.54) is 180 Å². The van der Waals surface area contributed by atoms with Crippen LogP contribution in [0.5, 0.6) is 0 Å². The maximum absolute atomic E-state index is 9.43. The van der Waals surface area contributed by atoms with Crippen LogP contribution in [-0.4, -0.2) is 36.2 Å². The van der Waals surface area contributed by atoms with E-state index in [0.717, 1.165) is 6.54 Å². The summed E-state index contributed by atoms with van der Waals surface area (Å²) >= 11 is 0. The summed E-state index contributed by atoms with van der Waals surface area (Å²) in [5.74, 6) is 0. The number of aliphatic hydroxyl groups excluding tert-OH is 1. The summed E-state index contributed by atoms with van der Waals surface area (Å²) in [7, 11) is 0. The first-order valence-corrected chi connectivity index (χ1v) is 17.5. The van der Waals surface area contributed by atoms with Crippen LogP contribution in [0, 0.1) is 0 Å². The molecule has 0 saturated heterocycles. The first-order chi connectivity index (χ1) is 18.8. The van der Waals surface area contributed by atoms with Gasteiger partial charge in [-0.15, -0.1) is 0 Å². The third-order valence-electron chi connectivity index (χ3n) is 7.89. The summed E-state index contributed by atoms with van der Waals surface area (Å²) in [5, 5.41) is 9.43. The zero-order chi connectivity index (χ0) is 27.6. The van der Waals surface area contributed by atoms with Crippen LogP contribution in [0.1, 0.15) is 181 Å². The van der Waals surface area contributed by atoms with Gasteiger partial charge in [-0.3, -0.25) is 0 Å². The summed E-state index contributed by atoms with van der Waals surface area (Å²) in [6.07, 6.45) is 45.0. The quantitative estimate of drug-likeness (QED) is 0.0686. The summed E-state index contributed by atoms with van der Waals surface area (Å²) in [6, 6.07) is 0. The molecule has 0 unspecified atom stereocenters. The van der Waals surface area contributed by atoms with Crippen molar-refractivity contribution >= 4 is 0 Å². The Labute approximate surface area is 241 Å². The van der Waals surface area contributed by atoms with E-state index in [1.54, 1.807) is 0 Å². The molecule has 2 nitrogen and oxygen atoms in total. The predicted molar refractivity (Wildman–Crippen MR) is 173 cm³/mol. The molecular weight excluding hydrogens is 462 g/mol. The molecule has 0 spiro atoms. The van der Waals surface area contributed by atoms with Crippen molar-refractivity contribution in [3.05, 3.63) is 24.3 Å². The molecule has 0 aromatic carbocycles. The molecule has 0 aromatic rings. The minimum absolute atomic E-state index is 0.301. The van der Waals surface area contributed by atoms with Crippen LogP contribution in [0.15, 0.2) is 24.3 Å². The van der Waals surface area contributed by atoms with Crippen LogP contribution in [0.4, 0.5) is 0 Å². The summed E-state index contributed by atoms with van der Waals surface area (Å²) in [5.41, 5.74) is 0. The Morgan fingerprint density at radius 3 is 0.974 bits per heavy atom. The minimum Gasteiger partial charge on any atom is -0.395 e. The Morgan fingerprint density at radius 2 is 0.658 bits per heavy atom. The van der Waals surface area contributed by atoms with Crippen molar-refractivity contribution in [2.45, 2.75) is 181 Å². The maximum Gasteiger partial charge on any atom is 0.0558 e. The summed E-state index contributed by atoms with van der Waals surface area (Å²) in [6.45, 7) is 8.07. The lowest BCUT2D eigenvalue weighted by molar-refractivity contribution is 0.190. The average molecular weight is 534 g/mol. The Bertz CT molecular complexity index is 472. The average Bonchev–Trinajstić information content (AvgIpc) is 2.92. The van der Waals surface area contributed by atoms with Gasteiger partial charge in [0.05, 0.1) is 6.61 Å². The highest BCUT2D eigenvalue weighted by Crippen LogP contribution is 2.12. The van der Waals surface area contributed by atoms with Crippen LogP contribution in [0.2, 0.25) is 0 Å². The molecule has 38 heavy (non-hydrogen) atoms. The first-order valence-electron chi connectivity index (χ1n) is 17.5. The SMILES string of the molecule is CCCCCCCC/C=C\CCCCCCCCN(CCO)CCCCCC/C=C\CCCCCCCC. The Morgan fingerprint density at radius 1 is 0.368 bits per heavy atom. The third-order valence-corrected chi connectivity index (χ3v) is 7.89. The molecular formula is C36H71NO. The van der Waals surface area contributed by atoms with Crippen molar-refractivity contribution in [3.8, 4) is 0 Å². The van der Waals surface area contributed by atoms with Crippen molar-refractivity contribution in [2.75, 3.05) is 26.2 Å². The molecule has 0 aliphatic carbocycles. The molecule has 226 valence electrons. The molecule has 1 N–H and O–H groups in total. The van der Waals surface area contributed by atoms with E-state index in [0.29, 0.717) is 6.61 Å². The molecule has 0 heterocycles. The predicted octanol–water partition coefficient (Wildman–Crippen LogP) is 11.6. The first kappa shape index (κ1) is 37.4. The van der Waals surface area contributed by atoms with Gasteiger partial charge in [0.25, 0.3) is 0 Å². The van der Waals surface area contributed by atoms with Crippen molar-refractivity contribution in [1.29, 1.82) is 0 Å². The van der Waals surface area contributed by atoms with E-state index >= 15 is 0 Å². The van der Waals surface area contributed by atoms with E-state index in [-0.39, 0.29) is 0 Å². The zero-order valence-corrected chi connectivity index (χ0v) is 26.4. The van der Waals surface area contributed by atoms with Gasteiger partial charge >= 0.3 is 0 Å². The number of aliphatic hydroxyl groups is 1. The number of nitrogens with zero attached hydrogens (tertiary/aromatic N) is 1. The van der Waals surface area contributed by atoms with Crippen molar-refractivity contribution < 1.29 is 5.11 Å². The second kappa shape index (κ2) is 34.4. The van der Waals surface area contributed by atoms with E-state index in [1.807, 2.05) is 0 Å². The highest BCUT2D eigenvalue weighted by atomic mass is 16.3. The molecule has 0 aromatic heterocycles. The fourth-order valence-corrected chi connectivity index (χ4v) is 5.29. The monoisotopic (exact) mass is 534 g/mol. The van der Waals surface area contributed by atoms with E-state index in [2.05, 4.69) is 43.1 Å². The summed E-state index contributed by atoms with van der Waals surface area (Å²) < 4.78 is 0. The molecule has 0 radical (unpaired) electrons. The molecule has 0 aliphatic heterocycles. The van der Waals surface area contributed by atoms with E-state index in [9.17, 15) is 5.11 Å². The second-order valence-electron chi connectivity index (χ2n) is 11.7. The van der Waals surface area contributed by atoms with Gasteiger partial charge in [-0.1, -0.05) is 141 Å². The fraction of sp³-hybridized carbons (Fsp3) is 0.889. The molecule has 0 rings (SSSR count). The molecule has 2 heteroatoms. The largest absolute Gasteiger partial charge is 0.395 e. The highest BCUT2D eigenvalue weighted by molar-refractivity contribution is 4.82. The molecule has 0 atom stereocenters. The minimum atomic E-state index is 0.301. The lowest BCUT2D eigenvalue weighted by Gasteiger charge is -2.21. The third kappa shape index (κ3) is 31.6. The summed E-state index contributed by atoms with van der Waals surface area (Å²) in [4.78, 5) is 2.50. The van der Waals surface area contributed by atoms with Gasteiger partial charge in [-0.25, -0.2) is 0 Å². The van der Waals surface area contributed by atoms with Gasteiger partial charge in [-0.2, -0.15) is 0 Å². The standard InChI is InChI=1S/C36H71NO/c1-3-5-7-9-11-13-15-17-19-20-22-24-26-28-30-32-34-37(35-36-38)33-31-29-27-25-23-21-18-16-14-12-10-8-6-4-2/h17-19,21,38H,3-16,20,22-36H2,1-2H3/b19-17-,21-18-.